The Morgan fingerprint density at radius 1 is 1.24 bits per heavy atom. The average molecular weight is 590 g/mol. The van der Waals surface area contributed by atoms with Gasteiger partial charge < -0.3 is 26.0 Å². The molecule has 0 amide bonds. The minimum Gasteiger partial charge on any atom is -0.461 e. The number of nitrogens with zero attached hydrogens (tertiary/aromatic N) is 7. The van der Waals surface area contributed by atoms with Crippen LogP contribution in [0.3, 0.4) is 0 Å². The molecule has 7 rings (SSSR count). The van der Waals surface area contributed by atoms with Crippen LogP contribution >= 0.6 is 11.3 Å². The number of fused-ring (bicyclic) bond motifs is 3. The highest BCUT2D eigenvalue weighted by Gasteiger charge is 2.52. The quantitative estimate of drug-likeness (QED) is 0.392. The monoisotopic (exact) mass is 589 g/mol. The molecule has 3 aliphatic heterocycles. The Balaban J connectivity index is 1.19. The maximum Gasteiger partial charge on any atom is 0.323 e. The summed E-state index contributed by atoms with van der Waals surface area (Å²) in [5, 5.41) is 10.4. The molecule has 220 valence electrons. The molecule has 4 N–H and O–H groups in total. The van der Waals surface area contributed by atoms with Crippen molar-refractivity contribution in [1.82, 2.24) is 19.9 Å². The van der Waals surface area contributed by atoms with E-state index in [4.69, 9.17) is 31.2 Å². The number of nitrogens with two attached hydrogens (primary N) is 2. The summed E-state index contributed by atoms with van der Waals surface area (Å²) in [5.41, 5.74) is 15.5. The number of para-hydroxylation sites is 1. The number of ether oxygens (including phenoxy) is 1. The van der Waals surface area contributed by atoms with Crippen LogP contribution in [0.2, 0.25) is 0 Å². The van der Waals surface area contributed by atoms with Gasteiger partial charge >= 0.3 is 6.01 Å². The smallest absolute Gasteiger partial charge is 0.323 e. The van der Waals surface area contributed by atoms with Crippen LogP contribution in [0, 0.1) is 11.3 Å². The van der Waals surface area contributed by atoms with Gasteiger partial charge in [-0.05, 0) is 56.3 Å². The number of nitrogen functional groups attached to an aromatic ring is 2. The molecule has 3 aromatic rings. The van der Waals surface area contributed by atoms with Gasteiger partial charge in [-0.1, -0.05) is 18.2 Å². The van der Waals surface area contributed by atoms with Gasteiger partial charge in [-0.3, -0.25) is 4.90 Å². The SMILES string of the molecule is CC(c1ccccc1N)N(C)c1nc(OC[C@@]23CCCN2CC(F)C3)nc(N2CC3(CCc4sc(N)c(C#N)c43)C2)n1. The van der Waals surface area contributed by atoms with E-state index >= 15 is 0 Å². The first kappa shape index (κ1) is 27.2. The lowest BCUT2D eigenvalue weighted by molar-refractivity contribution is 0.107. The first-order chi connectivity index (χ1) is 20.2. The predicted octanol–water partition coefficient (Wildman–Crippen LogP) is 3.83. The van der Waals surface area contributed by atoms with Crippen LogP contribution in [0.4, 0.5) is 27.0 Å². The lowest BCUT2D eigenvalue weighted by atomic mass is 9.74. The largest absolute Gasteiger partial charge is 0.461 e. The normalized spacial score (nSPS) is 24.7. The lowest BCUT2D eigenvalue weighted by Crippen LogP contribution is -2.59. The van der Waals surface area contributed by atoms with Crippen molar-refractivity contribution >= 4 is 33.9 Å². The highest BCUT2D eigenvalue weighted by Crippen LogP contribution is 2.52. The van der Waals surface area contributed by atoms with Gasteiger partial charge in [0.25, 0.3) is 0 Å². The van der Waals surface area contributed by atoms with Crippen LogP contribution in [0.1, 0.15) is 60.2 Å². The fourth-order valence-electron chi connectivity index (χ4n) is 7.59. The van der Waals surface area contributed by atoms with E-state index < -0.39 is 6.17 Å². The van der Waals surface area contributed by atoms with E-state index in [0.29, 0.717) is 60.8 Å². The maximum absolute atomic E-state index is 14.4. The summed E-state index contributed by atoms with van der Waals surface area (Å²) < 4.78 is 20.7. The average Bonchev–Trinajstić information content (AvgIpc) is 3.68. The molecular weight excluding hydrogens is 553 g/mol. The molecule has 2 aromatic heterocycles. The molecule has 0 radical (unpaired) electrons. The fourth-order valence-corrected chi connectivity index (χ4v) is 8.73. The molecular formula is C30H36FN9OS. The number of hydrogen-bond acceptors (Lipinski definition) is 11. The third kappa shape index (κ3) is 4.24. The summed E-state index contributed by atoms with van der Waals surface area (Å²) in [6.07, 6.45) is 3.50. The highest BCUT2D eigenvalue weighted by atomic mass is 32.1. The van der Waals surface area contributed by atoms with Crippen molar-refractivity contribution in [3.05, 3.63) is 45.8 Å². The lowest BCUT2D eigenvalue weighted by Gasteiger charge is -2.48. The Labute approximate surface area is 249 Å². The van der Waals surface area contributed by atoms with Gasteiger partial charge in [0.1, 0.15) is 23.8 Å². The molecule has 3 atom stereocenters. The van der Waals surface area contributed by atoms with Gasteiger partial charge in [-0.25, -0.2) is 4.39 Å². The molecule has 4 aliphatic rings. The minimum atomic E-state index is -0.834. The molecule has 0 bridgehead atoms. The van der Waals surface area contributed by atoms with Crippen molar-refractivity contribution in [2.24, 2.45) is 0 Å². The van der Waals surface area contributed by atoms with Crippen molar-refractivity contribution in [2.75, 3.05) is 61.1 Å². The van der Waals surface area contributed by atoms with Crippen molar-refractivity contribution in [2.45, 2.75) is 62.2 Å². The number of nitriles is 1. The number of alkyl halides is 1. The summed E-state index contributed by atoms with van der Waals surface area (Å²) in [6.45, 7) is 5.15. The van der Waals surface area contributed by atoms with Crippen molar-refractivity contribution in [3.8, 4) is 12.1 Å². The van der Waals surface area contributed by atoms with Gasteiger partial charge in [-0.2, -0.15) is 20.2 Å². The second-order valence-corrected chi connectivity index (χ2v) is 13.5. The summed E-state index contributed by atoms with van der Waals surface area (Å²) in [4.78, 5) is 22.0. The zero-order valence-electron chi connectivity index (χ0n) is 24.0. The maximum atomic E-state index is 14.4. The second kappa shape index (κ2) is 9.95. The third-order valence-electron chi connectivity index (χ3n) is 9.92. The summed E-state index contributed by atoms with van der Waals surface area (Å²) in [7, 11) is 1.94. The standard InChI is InChI=1S/C30H36FN9OS/c1-18(20-6-3-4-7-22(20)33)38(2)26-35-27(37-28(36-26)41-17-30-9-5-11-40(30)14-19(31)12-30)39-15-29(16-39)10-8-23-24(29)21(13-32)25(34)42-23/h3-4,6-7,18-19H,5,8-12,14-17,33-34H2,1-2H3/t18?,19?,30-/m0/s1. The van der Waals surface area contributed by atoms with Gasteiger partial charge in [0.15, 0.2) is 0 Å². The first-order valence-electron chi connectivity index (χ1n) is 14.6. The van der Waals surface area contributed by atoms with Gasteiger partial charge in [0.2, 0.25) is 11.9 Å². The van der Waals surface area contributed by atoms with E-state index in [1.165, 1.54) is 4.88 Å². The van der Waals surface area contributed by atoms with Crippen LogP contribution in [0.5, 0.6) is 6.01 Å². The molecule has 42 heavy (non-hydrogen) atoms. The molecule has 1 aromatic carbocycles. The summed E-state index contributed by atoms with van der Waals surface area (Å²) in [5.74, 6) is 1.01. The number of aromatic nitrogens is 3. The number of halogens is 1. The predicted molar refractivity (Wildman–Crippen MR) is 162 cm³/mol. The number of hydrogen-bond donors (Lipinski definition) is 2. The molecule has 2 unspecified atom stereocenters. The molecule has 12 heteroatoms. The summed E-state index contributed by atoms with van der Waals surface area (Å²) in [6, 6.07) is 10.3. The Hall–Kier alpha value is -3.69. The molecule has 0 saturated carbocycles. The Bertz CT molecular complexity index is 1570. The van der Waals surface area contributed by atoms with E-state index in [1.807, 2.05) is 36.2 Å². The van der Waals surface area contributed by atoms with Crippen LogP contribution in [-0.2, 0) is 11.8 Å². The second-order valence-electron chi connectivity index (χ2n) is 12.4. The Kier molecular flexibility index (Phi) is 6.44. The van der Waals surface area contributed by atoms with E-state index in [1.54, 1.807) is 11.3 Å². The van der Waals surface area contributed by atoms with E-state index in [2.05, 4.69) is 22.8 Å². The third-order valence-corrected chi connectivity index (χ3v) is 11.0. The number of aryl methyl sites for hydroxylation is 1. The van der Waals surface area contributed by atoms with Crippen molar-refractivity contribution in [1.29, 1.82) is 5.26 Å². The highest BCUT2D eigenvalue weighted by molar-refractivity contribution is 7.16. The fraction of sp³-hybridized carbons (Fsp3) is 0.533. The molecule has 1 aliphatic carbocycles. The van der Waals surface area contributed by atoms with Gasteiger partial charge in [-0.15, -0.1) is 11.3 Å². The Morgan fingerprint density at radius 3 is 2.83 bits per heavy atom. The van der Waals surface area contributed by atoms with Crippen LogP contribution < -0.4 is 26.0 Å². The molecule has 3 saturated heterocycles. The molecule has 1 spiro atoms. The topological polar surface area (TPSA) is 133 Å². The van der Waals surface area contributed by atoms with E-state index in [-0.39, 0.29) is 23.0 Å². The van der Waals surface area contributed by atoms with Crippen molar-refractivity contribution in [3.63, 3.8) is 0 Å². The molecule has 3 fully saturated rings. The van der Waals surface area contributed by atoms with Crippen LogP contribution in [0.15, 0.2) is 24.3 Å². The molecule has 10 nitrogen and oxygen atoms in total. The zero-order valence-corrected chi connectivity index (χ0v) is 24.8. The minimum absolute atomic E-state index is 0.104. The molecule has 5 heterocycles. The van der Waals surface area contributed by atoms with E-state index in [0.717, 1.165) is 43.4 Å². The number of rotatable bonds is 7. The zero-order chi connectivity index (χ0) is 29.2. The number of benzene rings is 1. The summed E-state index contributed by atoms with van der Waals surface area (Å²) >= 11 is 1.54. The van der Waals surface area contributed by atoms with Gasteiger partial charge in [0.05, 0.1) is 17.1 Å². The van der Waals surface area contributed by atoms with Gasteiger partial charge in [0, 0.05) is 49.1 Å². The Morgan fingerprint density at radius 2 is 2.05 bits per heavy atom. The van der Waals surface area contributed by atoms with E-state index in [9.17, 15) is 9.65 Å². The number of anilines is 4. The number of thiophene rings is 1. The van der Waals surface area contributed by atoms with Crippen molar-refractivity contribution < 1.29 is 9.13 Å². The first-order valence-corrected chi connectivity index (χ1v) is 15.5. The van der Waals surface area contributed by atoms with Crippen LogP contribution in [-0.4, -0.2) is 71.4 Å². The van der Waals surface area contributed by atoms with Crippen LogP contribution in [0.25, 0.3) is 0 Å².